The van der Waals surface area contributed by atoms with E-state index in [1.807, 2.05) is 21.7 Å². The van der Waals surface area contributed by atoms with Gasteiger partial charge in [0.2, 0.25) is 0 Å². The quantitative estimate of drug-likeness (QED) is 0.545. The molecule has 1 aromatic heterocycles. The largest absolute Gasteiger partial charge is 0.380 e. The van der Waals surface area contributed by atoms with E-state index in [1.165, 1.54) is 11.1 Å². The molecule has 0 radical (unpaired) electrons. The van der Waals surface area contributed by atoms with Crippen LogP contribution in [0.3, 0.4) is 0 Å². The van der Waals surface area contributed by atoms with Gasteiger partial charge in [-0.1, -0.05) is 35.9 Å². The molecule has 6 heteroatoms. The van der Waals surface area contributed by atoms with Crippen molar-refractivity contribution in [1.82, 2.24) is 14.5 Å². The van der Waals surface area contributed by atoms with Crippen molar-refractivity contribution >= 4 is 5.91 Å². The summed E-state index contributed by atoms with van der Waals surface area (Å²) < 4.78 is 7.28. The summed E-state index contributed by atoms with van der Waals surface area (Å²) in [5.74, 6) is 0.563. The van der Waals surface area contributed by atoms with E-state index in [1.54, 1.807) is 25.7 Å². The highest BCUT2D eigenvalue weighted by atomic mass is 16.5. The molecule has 170 valence electrons. The molecule has 0 bridgehead atoms. The number of ether oxygens (including phenoxy) is 1. The third-order valence-electron chi connectivity index (χ3n) is 6.44. The first-order valence-corrected chi connectivity index (χ1v) is 11.4. The van der Waals surface area contributed by atoms with Crippen LogP contribution >= 0.6 is 0 Å². The minimum absolute atomic E-state index is 0.0109. The van der Waals surface area contributed by atoms with Gasteiger partial charge in [0.15, 0.2) is 0 Å². The normalized spacial score (nSPS) is 14.3. The zero-order valence-corrected chi connectivity index (χ0v) is 19.3. The van der Waals surface area contributed by atoms with Crippen LogP contribution in [0.4, 0.5) is 0 Å². The first-order valence-electron chi connectivity index (χ1n) is 11.4. The topological polar surface area (TPSA) is 71.1 Å². The van der Waals surface area contributed by atoms with Crippen molar-refractivity contribution in [3.63, 3.8) is 0 Å². The van der Waals surface area contributed by atoms with Crippen molar-refractivity contribution in [2.75, 3.05) is 20.2 Å². The van der Waals surface area contributed by atoms with Gasteiger partial charge >= 0.3 is 0 Å². The molecule has 2 aromatic carbocycles. The van der Waals surface area contributed by atoms with E-state index in [0.717, 1.165) is 43.5 Å². The van der Waals surface area contributed by atoms with Crippen molar-refractivity contribution in [3.8, 4) is 6.07 Å². The van der Waals surface area contributed by atoms with E-state index in [9.17, 15) is 10.1 Å². The van der Waals surface area contributed by atoms with Gasteiger partial charge < -0.3 is 14.2 Å². The number of aromatic nitrogens is 2. The second-order valence-electron chi connectivity index (χ2n) is 8.83. The number of rotatable bonds is 7. The lowest BCUT2D eigenvalue weighted by Gasteiger charge is -2.33. The zero-order valence-electron chi connectivity index (χ0n) is 19.3. The maximum absolute atomic E-state index is 13.8. The molecular weight excluding hydrogens is 412 g/mol. The summed E-state index contributed by atoms with van der Waals surface area (Å²) in [6, 6.07) is 14.6. The van der Waals surface area contributed by atoms with Crippen molar-refractivity contribution in [2.24, 2.45) is 5.92 Å². The fraction of sp³-hybridized carbons (Fsp3) is 0.370. The molecule has 3 aromatic rings. The predicted molar refractivity (Wildman–Crippen MR) is 127 cm³/mol. The minimum Gasteiger partial charge on any atom is -0.380 e. The van der Waals surface area contributed by atoms with Crippen molar-refractivity contribution < 1.29 is 9.53 Å². The highest BCUT2D eigenvalue weighted by Crippen LogP contribution is 2.27. The maximum Gasteiger partial charge on any atom is 0.254 e. The minimum atomic E-state index is -0.0109. The highest BCUT2D eigenvalue weighted by Gasteiger charge is 2.28. The third kappa shape index (κ3) is 5.32. The first-order chi connectivity index (χ1) is 16.1. The Balaban J connectivity index is 1.55. The van der Waals surface area contributed by atoms with Gasteiger partial charge in [-0.25, -0.2) is 4.98 Å². The molecule has 0 atom stereocenters. The Morgan fingerprint density at radius 3 is 2.73 bits per heavy atom. The van der Waals surface area contributed by atoms with Crippen molar-refractivity contribution in [1.29, 1.82) is 5.26 Å². The van der Waals surface area contributed by atoms with E-state index in [0.29, 0.717) is 30.2 Å². The van der Waals surface area contributed by atoms with Gasteiger partial charge in [0.05, 0.1) is 36.7 Å². The first kappa shape index (κ1) is 22.8. The number of benzene rings is 2. The van der Waals surface area contributed by atoms with Crippen LogP contribution in [0.25, 0.3) is 0 Å². The van der Waals surface area contributed by atoms with E-state index >= 15 is 0 Å². The maximum atomic E-state index is 13.8. The molecule has 1 fully saturated rings. The zero-order chi connectivity index (χ0) is 23.2. The molecule has 0 unspecified atom stereocenters. The van der Waals surface area contributed by atoms with Crippen molar-refractivity contribution in [2.45, 2.75) is 39.3 Å². The average Bonchev–Trinajstić information content (AvgIpc) is 3.33. The number of carbonyl (C=O) groups is 1. The van der Waals surface area contributed by atoms with Crippen LogP contribution in [-0.4, -0.2) is 40.6 Å². The molecule has 4 rings (SSSR count). The number of methoxy groups -OCH3 is 1. The number of nitrogens with zero attached hydrogens (tertiary/aromatic N) is 4. The summed E-state index contributed by atoms with van der Waals surface area (Å²) in [5.41, 5.74) is 5.32. The van der Waals surface area contributed by atoms with Gasteiger partial charge in [0.25, 0.3) is 5.91 Å². The number of nitriles is 1. The number of hydrogen-bond acceptors (Lipinski definition) is 4. The molecule has 0 spiro atoms. The Kier molecular flexibility index (Phi) is 7.21. The molecule has 1 saturated heterocycles. The monoisotopic (exact) mass is 442 g/mol. The molecule has 2 heterocycles. The number of hydrogen-bond donors (Lipinski definition) is 0. The van der Waals surface area contributed by atoms with Crippen LogP contribution in [0, 0.1) is 24.2 Å². The molecule has 1 amide bonds. The number of piperidine rings is 1. The average molecular weight is 443 g/mol. The van der Waals surface area contributed by atoms with E-state index < -0.39 is 0 Å². The Morgan fingerprint density at radius 1 is 1.24 bits per heavy atom. The summed E-state index contributed by atoms with van der Waals surface area (Å²) in [6.45, 7) is 4.32. The fourth-order valence-electron chi connectivity index (χ4n) is 4.74. The van der Waals surface area contributed by atoms with Crippen LogP contribution in [0.1, 0.15) is 51.0 Å². The summed E-state index contributed by atoms with van der Waals surface area (Å²) in [5, 5.41) is 9.75. The Labute approximate surface area is 195 Å². The SMILES string of the molecule is COCc1ccc(C#N)c(Cn2ccnc2)c1C(=O)N1CCC(Cc2cccc(C)c2)CC1. The van der Waals surface area contributed by atoms with Gasteiger partial charge in [0.1, 0.15) is 0 Å². The summed E-state index contributed by atoms with van der Waals surface area (Å²) >= 11 is 0. The molecule has 0 aliphatic carbocycles. The smallest absolute Gasteiger partial charge is 0.254 e. The molecule has 1 aliphatic heterocycles. The summed E-state index contributed by atoms with van der Waals surface area (Å²) in [4.78, 5) is 19.8. The highest BCUT2D eigenvalue weighted by molar-refractivity contribution is 5.98. The van der Waals surface area contributed by atoms with Gasteiger partial charge in [-0.2, -0.15) is 5.26 Å². The van der Waals surface area contributed by atoms with Crippen LogP contribution < -0.4 is 0 Å². The Hall–Kier alpha value is -3.43. The van der Waals surface area contributed by atoms with E-state index in [4.69, 9.17) is 4.74 Å². The van der Waals surface area contributed by atoms with Gasteiger partial charge in [0, 0.05) is 38.2 Å². The molecular formula is C27H30N4O2. The van der Waals surface area contributed by atoms with Crippen LogP contribution in [-0.2, 0) is 24.3 Å². The van der Waals surface area contributed by atoms with Crippen LogP contribution in [0.2, 0.25) is 0 Å². The number of aryl methyl sites for hydroxylation is 1. The number of amides is 1. The fourth-order valence-corrected chi connectivity index (χ4v) is 4.74. The lowest BCUT2D eigenvalue weighted by molar-refractivity contribution is 0.0684. The van der Waals surface area contributed by atoms with Crippen LogP contribution in [0.15, 0.2) is 55.1 Å². The molecule has 33 heavy (non-hydrogen) atoms. The molecule has 6 nitrogen and oxygen atoms in total. The van der Waals surface area contributed by atoms with Gasteiger partial charge in [-0.15, -0.1) is 0 Å². The van der Waals surface area contributed by atoms with Crippen LogP contribution in [0.5, 0.6) is 0 Å². The van der Waals surface area contributed by atoms with E-state index in [-0.39, 0.29) is 5.91 Å². The summed E-state index contributed by atoms with van der Waals surface area (Å²) in [7, 11) is 1.62. The predicted octanol–water partition coefficient (Wildman–Crippen LogP) is 4.35. The molecule has 0 saturated carbocycles. The number of carbonyl (C=O) groups excluding carboxylic acids is 1. The standard InChI is InChI=1S/C27H30N4O2/c1-20-4-3-5-22(14-20)15-21-8-11-31(12-9-21)27(32)26-24(18-33-2)7-6-23(16-28)25(26)17-30-13-10-29-19-30/h3-7,10,13-14,19,21H,8-9,11-12,15,17-18H2,1-2H3. The lowest BCUT2D eigenvalue weighted by atomic mass is 9.88. The molecule has 0 N–H and O–H groups in total. The Morgan fingerprint density at radius 2 is 2.06 bits per heavy atom. The number of likely N-dealkylation sites (tertiary alicyclic amines) is 1. The second-order valence-corrected chi connectivity index (χ2v) is 8.83. The molecule has 1 aliphatic rings. The van der Waals surface area contributed by atoms with Gasteiger partial charge in [-0.05, 0) is 49.3 Å². The van der Waals surface area contributed by atoms with Gasteiger partial charge in [-0.3, -0.25) is 4.79 Å². The number of imidazole rings is 1. The van der Waals surface area contributed by atoms with E-state index in [2.05, 4.69) is 42.2 Å². The summed E-state index contributed by atoms with van der Waals surface area (Å²) in [6.07, 6.45) is 8.26. The van der Waals surface area contributed by atoms with Crippen molar-refractivity contribution in [3.05, 3.63) is 88.5 Å². The Bertz CT molecular complexity index is 1140. The third-order valence-corrected chi connectivity index (χ3v) is 6.44. The second kappa shape index (κ2) is 10.5. The lowest BCUT2D eigenvalue weighted by Crippen LogP contribution is -2.40.